The van der Waals surface area contributed by atoms with Crippen molar-refractivity contribution in [3.63, 3.8) is 0 Å². The van der Waals surface area contributed by atoms with Gasteiger partial charge in [-0.2, -0.15) is 8.61 Å². The molecule has 0 spiro atoms. The first-order valence-corrected chi connectivity index (χ1v) is 35.0. The van der Waals surface area contributed by atoms with Gasteiger partial charge in [-0.1, -0.05) is 123 Å². The Morgan fingerprint density at radius 1 is 0.700 bits per heavy atom. The van der Waals surface area contributed by atoms with Crippen LogP contribution in [0.15, 0.2) is 154 Å². The quantitative estimate of drug-likeness (QED) is 0.0324. The maximum Gasteiger partial charge on any atom is 0.261 e. The summed E-state index contributed by atoms with van der Waals surface area (Å²) in [6.45, 7) is 9.17. The Labute approximate surface area is 540 Å². The zero-order chi connectivity index (χ0) is 64.0. The second-order valence-corrected chi connectivity index (χ2v) is 28.7. The fourth-order valence-corrected chi connectivity index (χ4v) is 15.6. The number of rotatable bonds is 29. The average Bonchev–Trinajstić information content (AvgIpc) is 0.977. The smallest absolute Gasteiger partial charge is 0.261 e. The number of nitrogens with zero attached hydrogens (tertiary/aromatic N) is 5. The van der Waals surface area contributed by atoms with E-state index >= 15 is 0 Å². The molecule has 3 amide bonds. The van der Waals surface area contributed by atoms with Gasteiger partial charge >= 0.3 is 0 Å². The summed E-state index contributed by atoms with van der Waals surface area (Å²) in [5.41, 5.74) is 5.02. The number of amides is 3. The fourth-order valence-electron chi connectivity index (χ4n) is 12.2. The van der Waals surface area contributed by atoms with Crippen molar-refractivity contribution in [3.8, 4) is 0 Å². The number of unbranched alkanes of at least 4 members (excludes halogenated alkanes) is 2. The van der Waals surface area contributed by atoms with E-state index < -0.39 is 26.1 Å². The van der Waals surface area contributed by atoms with E-state index in [0.29, 0.717) is 87.9 Å². The second-order valence-electron chi connectivity index (χ2n) is 24.0. The molecule has 17 nitrogen and oxygen atoms in total. The van der Waals surface area contributed by atoms with Gasteiger partial charge in [-0.05, 0) is 172 Å². The third-order valence-electron chi connectivity index (χ3n) is 17.1. The zero-order valence-corrected chi connectivity index (χ0v) is 54.9. The van der Waals surface area contributed by atoms with E-state index in [0.717, 1.165) is 68.3 Å². The Morgan fingerprint density at radius 2 is 1.36 bits per heavy atom. The first kappa shape index (κ1) is 67.4. The highest BCUT2D eigenvalue weighted by atomic mass is 35.5. The molecule has 1 aliphatic carbocycles. The molecule has 90 heavy (non-hydrogen) atoms. The lowest BCUT2D eigenvalue weighted by Gasteiger charge is -2.35. The minimum absolute atomic E-state index is 0.00897. The van der Waals surface area contributed by atoms with Crippen molar-refractivity contribution in [2.24, 2.45) is 11.8 Å². The molecule has 2 heterocycles. The van der Waals surface area contributed by atoms with E-state index in [1.54, 1.807) is 81.5 Å². The predicted octanol–water partition coefficient (Wildman–Crippen LogP) is 11.8. The van der Waals surface area contributed by atoms with Crippen molar-refractivity contribution in [1.29, 1.82) is 0 Å². The molecule has 1 atom stereocenters. The summed E-state index contributed by atoms with van der Waals surface area (Å²) in [5, 5.41) is 13.9. The van der Waals surface area contributed by atoms with Crippen LogP contribution in [-0.4, -0.2) is 110 Å². The molecule has 1 saturated carbocycles. The van der Waals surface area contributed by atoms with Gasteiger partial charge in [0, 0.05) is 80.1 Å². The van der Waals surface area contributed by atoms with E-state index in [1.807, 2.05) is 75.4 Å². The number of aryl methyl sites for hydroxylation is 1. The Hall–Kier alpha value is -6.97. The summed E-state index contributed by atoms with van der Waals surface area (Å²) in [6.07, 6.45) is 7.56. The first-order chi connectivity index (χ1) is 43.3. The lowest BCUT2D eigenvalue weighted by molar-refractivity contribution is -0.121. The van der Waals surface area contributed by atoms with E-state index in [4.69, 9.17) is 28.2 Å². The summed E-state index contributed by atoms with van der Waals surface area (Å²) >= 11 is 12.6. The maximum absolute atomic E-state index is 14.7. The monoisotopic (exact) mass is 1300 g/mol. The van der Waals surface area contributed by atoms with Crippen LogP contribution in [0.4, 0.5) is 5.69 Å². The summed E-state index contributed by atoms with van der Waals surface area (Å²) < 4.78 is 62.7. The predicted molar refractivity (Wildman–Crippen MR) is 357 cm³/mol. The minimum atomic E-state index is -4.13. The van der Waals surface area contributed by atoms with Gasteiger partial charge in [0.1, 0.15) is 5.82 Å². The third kappa shape index (κ3) is 17.1. The lowest BCUT2D eigenvalue weighted by Crippen LogP contribution is -2.42. The Kier molecular flexibility index (Phi) is 23.5. The minimum Gasteiger partial charge on any atom is -0.387 e. The van der Waals surface area contributed by atoms with Crippen LogP contribution in [0.2, 0.25) is 10.0 Å². The number of nitrogens with one attached hydrogen (secondary N) is 4. The molecule has 1 aliphatic heterocycles. The Bertz CT molecular complexity index is 3880. The molecule has 9 rings (SSSR count). The normalized spacial score (nSPS) is 14.5. The number of carbonyl (C=O) groups is 3. The molecule has 0 unspecified atom stereocenters. The largest absolute Gasteiger partial charge is 0.387 e. The second kappa shape index (κ2) is 31.4. The van der Waals surface area contributed by atoms with Gasteiger partial charge in [0.25, 0.3) is 17.4 Å². The van der Waals surface area contributed by atoms with Crippen LogP contribution < -0.4 is 26.8 Å². The highest BCUT2D eigenvalue weighted by Gasteiger charge is 2.36. The summed E-state index contributed by atoms with van der Waals surface area (Å²) in [7, 11) is -6.43. The van der Waals surface area contributed by atoms with Crippen molar-refractivity contribution in [2.75, 3.05) is 51.6 Å². The maximum atomic E-state index is 14.7. The standard InChI is InChI=1S/C69H83Cl2N9O8S2/c1-48(2)65(66-76-63-43-56(71)28-34-61(63)69(84)79(66)46-50-14-7-5-8-15-50)78(68(83)54-24-19-49(3)20-25-54)41-13-38-74-64(81)18-9-6-12-37-75-67(82)60-33-23-53(42-62(60)72-4)45-77(44-52-35-39-73-40-36-52)89(85,86)58-29-31-59(32-30-58)90(87,88)80(57-16-10-11-17-57)47-51-21-26-55(70)27-22-51/h5,7-8,14-15,19-34,42-43,48,52,57,65,72-73H,6,9-13,16-18,35-41,44-47H2,1-4H3,(H,74,81)(H,75,82)/t65-/m1/s1. The first-order valence-electron chi connectivity index (χ1n) is 31.3. The molecule has 0 bridgehead atoms. The number of piperidine rings is 1. The number of anilines is 1. The number of fused-ring (bicyclic) bond motifs is 1. The van der Waals surface area contributed by atoms with Gasteiger partial charge in [0.15, 0.2) is 0 Å². The summed E-state index contributed by atoms with van der Waals surface area (Å²) in [6, 6.07) is 39.3. The Morgan fingerprint density at radius 3 is 2.03 bits per heavy atom. The molecule has 1 saturated heterocycles. The van der Waals surface area contributed by atoms with Gasteiger partial charge in [0.2, 0.25) is 26.0 Å². The number of benzene rings is 6. The molecule has 4 N–H and O–H groups in total. The van der Waals surface area contributed by atoms with Crippen LogP contribution in [-0.2, 0) is 44.5 Å². The molecule has 478 valence electrons. The molecule has 1 aromatic heterocycles. The van der Waals surface area contributed by atoms with Gasteiger partial charge in [-0.25, -0.2) is 21.8 Å². The number of hydrogen-bond donors (Lipinski definition) is 4. The highest BCUT2D eigenvalue weighted by Crippen LogP contribution is 2.34. The van der Waals surface area contributed by atoms with Crippen molar-refractivity contribution in [1.82, 2.24) is 39.0 Å². The van der Waals surface area contributed by atoms with Gasteiger partial charge in [-0.3, -0.25) is 23.7 Å². The molecule has 7 aromatic rings. The fraction of sp³-hybridized carbons (Fsp3) is 0.406. The highest BCUT2D eigenvalue weighted by molar-refractivity contribution is 7.89. The number of halogens is 2. The molecular formula is C69H83Cl2N9O8S2. The molecule has 2 fully saturated rings. The van der Waals surface area contributed by atoms with Crippen LogP contribution in [0, 0.1) is 18.8 Å². The van der Waals surface area contributed by atoms with Crippen molar-refractivity contribution < 1.29 is 31.2 Å². The van der Waals surface area contributed by atoms with Crippen LogP contribution in [0.25, 0.3) is 10.9 Å². The van der Waals surface area contributed by atoms with Crippen LogP contribution >= 0.6 is 23.2 Å². The lowest BCUT2D eigenvalue weighted by atomic mass is 9.98. The third-order valence-corrected chi connectivity index (χ3v) is 21.3. The molecule has 6 aromatic carbocycles. The van der Waals surface area contributed by atoms with E-state index in [9.17, 15) is 36.0 Å². The van der Waals surface area contributed by atoms with Gasteiger partial charge in [-0.15, -0.1) is 0 Å². The Balaban J connectivity index is 0.790. The van der Waals surface area contributed by atoms with E-state index in [1.165, 1.54) is 28.6 Å². The van der Waals surface area contributed by atoms with Crippen LogP contribution in [0.3, 0.4) is 0 Å². The van der Waals surface area contributed by atoms with Crippen LogP contribution in [0.1, 0.15) is 139 Å². The zero-order valence-electron chi connectivity index (χ0n) is 51.8. The van der Waals surface area contributed by atoms with Crippen molar-refractivity contribution >= 4 is 77.6 Å². The molecule has 2 aliphatic rings. The topological polar surface area (TPSA) is 212 Å². The number of hydrogen-bond acceptors (Lipinski definition) is 11. The van der Waals surface area contributed by atoms with E-state index in [2.05, 4.69) is 21.3 Å². The number of carbonyl (C=O) groups excluding carboxylic acids is 3. The molecule has 0 radical (unpaired) electrons. The SMILES string of the molecule is CNc1cc(CN(CC2CCNCC2)S(=O)(=O)c2ccc(S(=O)(=O)N(Cc3ccc(Cl)cc3)C3CCCC3)cc2)ccc1C(=O)NCCCCCC(=O)NCCCN(C(=O)c1ccc(C)cc1)[C@@H](c1nc2cc(Cl)ccc2c(=O)n1Cc1ccccc1)C(C)C. The average molecular weight is 1300 g/mol. The number of aromatic nitrogens is 2. The van der Waals surface area contributed by atoms with Gasteiger partial charge < -0.3 is 26.2 Å². The summed E-state index contributed by atoms with van der Waals surface area (Å²) in [4.78, 5) is 62.8. The van der Waals surface area contributed by atoms with Crippen molar-refractivity contribution in [2.45, 2.75) is 133 Å². The molecule has 21 heteroatoms. The van der Waals surface area contributed by atoms with Crippen LogP contribution in [0.5, 0.6) is 0 Å². The van der Waals surface area contributed by atoms with E-state index in [-0.39, 0.29) is 90.1 Å². The van der Waals surface area contributed by atoms with Crippen molar-refractivity contribution in [3.05, 3.63) is 199 Å². The van der Waals surface area contributed by atoms with Gasteiger partial charge in [0.05, 0.1) is 38.8 Å². The summed E-state index contributed by atoms with van der Waals surface area (Å²) in [5.74, 6) is -0.282. The number of sulfonamides is 2. The molecular weight excluding hydrogens is 1220 g/mol.